The van der Waals surface area contributed by atoms with Crippen molar-refractivity contribution in [1.29, 1.82) is 0 Å². The van der Waals surface area contributed by atoms with Crippen molar-refractivity contribution in [3.63, 3.8) is 0 Å². The lowest BCUT2D eigenvalue weighted by Crippen LogP contribution is -2.38. The number of pyridine rings is 1. The van der Waals surface area contributed by atoms with Gasteiger partial charge in [-0.25, -0.2) is 9.78 Å². The van der Waals surface area contributed by atoms with Gasteiger partial charge in [-0.1, -0.05) is 35.0 Å². The zero-order valence-corrected chi connectivity index (χ0v) is 15.3. The van der Waals surface area contributed by atoms with E-state index >= 15 is 0 Å². The quantitative estimate of drug-likeness (QED) is 0.600. The van der Waals surface area contributed by atoms with Gasteiger partial charge in [0, 0.05) is 18.5 Å². The number of carbonyl (C=O) groups is 1. The SMILES string of the molecule is O=C(Nc1ccccc1)ON=C1CCN(c2[nH+]cc(C(F)(F)F)cc2Cl)CC1. The number of anilines is 2. The largest absolute Gasteiger partial charge is 0.437 e. The van der Waals surface area contributed by atoms with E-state index in [1.807, 2.05) is 11.0 Å². The summed E-state index contributed by atoms with van der Waals surface area (Å²) in [6.07, 6.45) is -3.28. The number of alkyl halides is 3. The number of aromatic nitrogens is 1. The van der Waals surface area contributed by atoms with Gasteiger partial charge in [0.25, 0.3) is 5.82 Å². The number of benzene rings is 1. The van der Waals surface area contributed by atoms with E-state index in [1.54, 1.807) is 24.3 Å². The van der Waals surface area contributed by atoms with Gasteiger partial charge in [0.2, 0.25) is 0 Å². The van der Waals surface area contributed by atoms with Crippen LogP contribution >= 0.6 is 11.6 Å². The van der Waals surface area contributed by atoms with Crippen molar-refractivity contribution in [1.82, 2.24) is 0 Å². The van der Waals surface area contributed by atoms with Crippen LogP contribution in [0.4, 0.5) is 29.5 Å². The molecule has 1 fully saturated rings. The molecule has 6 nitrogen and oxygen atoms in total. The number of nitrogens with one attached hydrogen (secondary N) is 2. The number of halogens is 4. The van der Waals surface area contributed by atoms with Gasteiger partial charge >= 0.3 is 12.3 Å². The van der Waals surface area contributed by atoms with Gasteiger partial charge in [-0.05, 0) is 18.2 Å². The molecule has 1 saturated heterocycles. The highest BCUT2D eigenvalue weighted by molar-refractivity contribution is 6.32. The lowest BCUT2D eigenvalue weighted by molar-refractivity contribution is -0.367. The Labute approximate surface area is 163 Å². The Bertz CT molecular complexity index is 865. The molecule has 0 bridgehead atoms. The molecular formula is C18H17ClF3N4O2+. The maximum absolute atomic E-state index is 12.7. The van der Waals surface area contributed by atoms with Gasteiger partial charge in [0.1, 0.15) is 11.2 Å². The van der Waals surface area contributed by atoms with Crippen molar-refractivity contribution in [2.45, 2.75) is 19.0 Å². The standard InChI is InChI=1S/C18H16ClF3N4O2/c19-15-10-12(18(20,21)22)11-23-16(15)26-8-6-14(7-9-26)25-28-17(27)24-13-4-2-1-3-5-13/h1-5,10-11H,6-9H2,(H,24,27)/p+1. The van der Waals surface area contributed by atoms with Gasteiger partial charge in [-0.3, -0.25) is 15.1 Å². The molecule has 1 amide bonds. The first-order valence-corrected chi connectivity index (χ1v) is 8.83. The third-order valence-electron chi connectivity index (χ3n) is 4.13. The summed E-state index contributed by atoms with van der Waals surface area (Å²) in [4.78, 5) is 21.0. The zero-order chi connectivity index (χ0) is 20.1. The second-order valence-corrected chi connectivity index (χ2v) is 6.50. The van der Waals surface area contributed by atoms with E-state index in [0.717, 1.165) is 12.3 Å². The molecular weight excluding hydrogens is 397 g/mol. The predicted octanol–water partition coefficient (Wildman–Crippen LogP) is 4.38. The van der Waals surface area contributed by atoms with Crippen molar-refractivity contribution < 1.29 is 27.8 Å². The summed E-state index contributed by atoms with van der Waals surface area (Å²) < 4.78 is 38.2. The Balaban J connectivity index is 1.54. The highest BCUT2D eigenvalue weighted by Crippen LogP contribution is 2.32. The summed E-state index contributed by atoms with van der Waals surface area (Å²) in [6, 6.07) is 9.72. The van der Waals surface area contributed by atoms with E-state index < -0.39 is 17.8 Å². The Kier molecular flexibility index (Phi) is 6.03. The maximum Gasteiger partial charge on any atom is 0.437 e. The van der Waals surface area contributed by atoms with E-state index in [-0.39, 0.29) is 5.02 Å². The van der Waals surface area contributed by atoms with E-state index in [9.17, 15) is 18.0 Å². The summed E-state index contributed by atoms with van der Waals surface area (Å²) in [5.41, 5.74) is 0.441. The molecule has 1 aliphatic rings. The number of H-pyrrole nitrogens is 1. The van der Waals surface area contributed by atoms with Crippen LogP contribution in [0.15, 0.2) is 47.8 Å². The van der Waals surface area contributed by atoms with Crippen LogP contribution in [0.5, 0.6) is 0 Å². The van der Waals surface area contributed by atoms with Crippen LogP contribution in [0.2, 0.25) is 5.02 Å². The number of hydrogen-bond donors (Lipinski definition) is 1. The molecule has 148 valence electrons. The van der Waals surface area contributed by atoms with Crippen molar-refractivity contribution >= 4 is 34.9 Å². The topological polar surface area (TPSA) is 68.1 Å². The Hall–Kier alpha value is -2.81. The fraction of sp³-hybridized carbons (Fsp3) is 0.278. The zero-order valence-electron chi connectivity index (χ0n) is 14.6. The minimum absolute atomic E-state index is 0.00583. The Morgan fingerprint density at radius 3 is 2.50 bits per heavy atom. The summed E-state index contributed by atoms with van der Waals surface area (Å²) in [7, 11) is 0. The van der Waals surface area contributed by atoms with Gasteiger partial charge in [0.15, 0.2) is 0 Å². The molecule has 0 saturated carbocycles. The smallest absolute Gasteiger partial charge is 0.298 e. The molecule has 0 unspecified atom stereocenters. The number of nitrogens with zero attached hydrogens (tertiary/aromatic N) is 2. The molecule has 0 radical (unpaired) electrons. The van der Waals surface area contributed by atoms with Gasteiger partial charge in [-0.15, -0.1) is 0 Å². The molecule has 1 aliphatic heterocycles. The lowest BCUT2D eigenvalue weighted by atomic mass is 10.1. The molecule has 28 heavy (non-hydrogen) atoms. The van der Waals surface area contributed by atoms with Crippen LogP contribution in [-0.2, 0) is 11.0 Å². The summed E-state index contributed by atoms with van der Waals surface area (Å²) in [5.74, 6) is 0.413. The predicted molar refractivity (Wildman–Crippen MR) is 98.4 cm³/mol. The molecule has 3 rings (SSSR count). The number of oxime groups is 1. The van der Waals surface area contributed by atoms with Crippen LogP contribution in [0, 0.1) is 0 Å². The second kappa shape index (κ2) is 8.47. The number of carbonyl (C=O) groups excluding carboxylic acids is 1. The summed E-state index contributed by atoms with van der Waals surface area (Å²) >= 11 is 6.00. The first-order chi connectivity index (χ1) is 13.3. The number of hydrogen-bond acceptors (Lipinski definition) is 4. The average Bonchev–Trinajstić information content (AvgIpc) is 2.67. The number of para-hydroxylation sites is 1. The van der Waals surface area contributed by atoms with E-state index in [2.05, 4.69) is 15.5 Å². The van der Waals surface area contributed by atoms with Crippen LogP contribution in [0.1, 0.15) is 18.4 Å². The fourth-order valence-electron chi connectivity index (χ4n) is 2.72. The van der Waals surface area contributed by atoms with Crippen molar-refractivity contribution in [2.24, 2.45) is 5.16 Å². The van der Waals surface area contributed by atoms with Gasteiger partial charge < -0.3 is 0 Å². The molecule has 0 aliphatic carbocycles. The normalized spacial score (nSPS) is 14.6. The molecule has 2 aromatic rings. The molecule has 0 atom stereocenters. The van der Waals surface area contributed by atoms with E-state index in [1.165, 1.54) is 0 Å². The highest BCUT2D eigenvalue weighted by Gasteiger charge is 2.34. The van der Waals surface area contributed by atoms with E-state index in [4.69, 9.17) is 16.4 Å². The van der Waals surface area contributed by atoms with Crippen LogP contribution in [0.25, 0.3) is 0 Å². The molecule has 1 aromatic carbocycles. The number of rotatable bonds is 3. The monoisotopic (exact) mass is 413 g/mol. The maximum atomic E-state index is 12.7. The molecule has 0 spiro atoms. The minimum atomic E-state index is -4.46. The first kappa shape index (κ1) is 19.9. The Morgan fingerprint density at radius 1 is 1.21 bits per heavy atom. The van der Waals surface area contributed by atoms with Crippen molar-refractivity contribution in [2.75, 3.05) is 23.3 Å². The van der Waals surface area contributed by atoms with Gasteiger partial charge in [0.05, 0.1) is 24.4 Å². The molecule has 10 heteroatoms. The molecule has 2 heterocycles. The summed E-state index contributed by atoms with van der Waals surface area (Å²) in [6.45, 7) is 0.953. The Morgan fingerprint density at radius 2 is 1.89 bits per heavy atom. The number of aromatic amines is 1. The first-order valence-electron chi connectivity index (χ1n) is 8.45. The number of piperidine rings is 1. The third kappa shape index (κ3) is 5.13. The molecule has 2 N–H and O–H groups in total. The third-order valence-corrected chi connectivity index (χ3v) is 4.42. The van der Waals surface area contributed by atoms with Crippen molar-refractivity contribution in [3.8, 4) is 0 Å². The van der Waals surface area contributed by atoms with E-state index in [0.29, 0.717) is 43.1 Å². The number of amides is 1. The van der Waals surface area contributed by atoms with Crippen LogP contribution in [-0.4, -0.2) is 24.9 Å². The van der Waals surface area contributed by atoms with Gasteiger partial charge in [-0.2, -0.15) is 13.2 Å². The minimum Gasteiger partial charge on any atom is -0.298 e. The summed E-state index contributed by atoms with van der Waals surface area (Å²) in [5, 5.41) is 6.40. The van der Waals surface area contributed by atoms with Crippen molar-refractivity contribution in [3.05, 3.63) is 53.2 Å². The average molecular weight is 414 g/mol. The molecule has 1 aromatic heterocycles. The highest BCUT2D eigenvalue weighted by atomic mass is 35.5. The van der Waals surface area contributed by atoms with Crippen LogP contribution < -0.4 is 15.2 Å². The fourth-order valence-corrected chi connectivity index (χ4v) is 3.01. The lowest BCUT2D eigenvalue weighted by Gasteiger charge is -2.22. The van der Waals surface area contributed by atoms with Crippen LogP contribution in [0.3, 0.4) is 0 Å². The second-order valence-electron chi connectivity index (χ2n) is 6.10.